The highest BCUT2D eigenvalue weighted by molar-refractivity contribution is 6.30. The number of nitrogens with zero attached hydrogens (tertiary/aromatic N) is 3. The van der Waals surface area contributed by atoms with Gasteiger partial charge in [-0.15, -0.1) is 0 Å². The summed E-state index contributed by atoms with van der Waals surface area (Å²) < 4.78 is 2.18. The predicted octanol–water partition coefficient (Wildman–Crippen LogP) is 2.92. The van der Waals surface area contributed by atoms with Crippen LogP contribution in [0.1, 0.15) is 19.2 Å². The molecule has 1 aliphatic heterocycles. The van der Waals surface area contributed by atoms with E-state index in [-0.39, 0.29) is 0 Å². The zero-order valence-corrected chi connectivity index (χ0v) is 13.1. The molecule has 1 atom stereocenters. The molecule has 0 unspecified atom stereocenters. The molecule has 5 heteroatoms. The lowest BCUT2D eigenvalue weighted by molar-refractivity contribution is 0.524. The molecule has 3 rings (SSSR count). The molecule has 0 amide bonds. The summed E-state index contributed by atoms with van der Waals surface area (Å²) in [6.07, 6.45) is 5.05. The molecular formula is C16H21ClN4. The molecule has 1 fully saturated rings. The van der Waals surface area contributed by atoms with Crippen molar-refractivity contribution in [3.05, 3.63) is 47.5 Å². The fourth-order valence-electron chi connectivity index (χ4n) is 2.86. The number of benzene rings is 1. The number of imidazole rings is 1. The summed E-state index contributed by atoms with van der Waals surface area (Å²) in [6.45, 7) is 6.03. The van der Waals surface area contributed by atoms with Crippen LogP contribution in [0.3, 0.4) is 0 Å². The smallest absolute Gasteiger partial charge is 0.122 e. The Kier molecular flexibility index (Phi) is 4.46. The molecule has 21 heavy (non-hydrogen) atoms. The van der Waals surface area contributed by atoms with E-state index in [1.54, 1.807) is 0 Å². The van der Waals surface area contributed by atoms with Gasteiger partial charge in [-0.1, -0.05) is 17.7 Å². The third-order valence-corrected chi connectivity index (χ3v) is 4.29. The Labute approximate surface area is 130 Å². The first-order valence-corrected chi connectivity index (χ1v) is 7.88. The highest BCUT2D eigenvalue weighted by atomic mass is 35.5. The number of anilines is 1. The zero-order chi connectivity index (χ0) is 14.7. The fraction of sp³-hybridized carbons (Fsp3) is 0.438. The van der Waals surface area contributed by atoms with Gasteiger partial charge in [-0.3, -0.25) is 0 Å². The molecule has 2 aromatic rings. The standard InChI is InChI=1S/C16H21ClN4/c1-2-20-9-7-18-16(20)11-19-14-6-8-21(12-14)15-5-3-4-13(17)10-15/h3-5,7,9-10,14,19H,2,6,8,11-12H2,1H3/t14-/m1/s1. The van der Waals surface area contributed by atoms with E-state index in [0.29, 0.717) is 6.04 Å². The number of halogens is 1. The predicted molar refractivity (Wildman–Crippen MR) is 86.8 cm³/mol. The van der Waals surface area contributed by atoms with Gasteiger partial charge >= 0.3 is 0 Å². The Morgan fingerprint density at radius 1 is 1.43 bits per heavy atom. The van der Waals surface area contributed by atoms with E-state index in [4.69, 9.17) is 11.6 Å². The van der Waals surface area contributed by atoms with Gasteiger partial charge < -0.3 is 14.8 Å². The second-order valence-electron chi connectivity index (χ2n) is 5.42. The maximum atomic E-state index is 6.07. The summed E-state index contributed by atoms with van der Waals surface area (Å²) in [7, 11) is 0. The SMILES string of the molecule is CCn1ccnc1CN[C@@H]1CCN(c2cccc(Cl)c2)C1. The number of aromatic nitrogens is 2. The monoisotopic (exact) mass is 304 g/mol. The van der Waals surface area contributed by atoms with Crippen LogP contribution in [-0.4, -0.2) is 28.7 Å². The van der Waals surface area contributed by atoms with Gasteiger partial charge in [0.2, 0.25) is 0 Å². The van der Waals surface area contributed by atoms with E-state index in [9.17, 15) is 0 Å². The van der Waals surface area contributed by atoms with Gasteiger partial charge in [0.05, 0.1) is 6.54 Å². The molecule has 0 spiro atoms. The number of aryl methyl sites for hydroxylation is 1. The van der Waals surface area contributed by atoms with Crippen molar-refractivity contribution >= 4 is 17.3 Å². The quantitative estimate of drug-likeness (QED) is 0.922. The van der Waals surface area contributed by atoms with Gasteiger partial charge in [-0.25, -0.2) is 4.98 Å². The van der Waals surface area contributed by atoms with Crippen molar-refractivity contribution in [2.75, 3.05) is 18.0 Å². The van der Waals surface area contributed by atoms with Crippen LogP contribution in [0.5, 0.6) is 0 Å². The first kappa shape index (κ1) is 14.4. The van der Waals surface area contributed by atoms with Gasteiger partial charge in [0.1, 0.15) is 5.82 Å². The van der Waals surface area contributed by atoms with Crippen LogP contribution in [-0.2, 0) is 13.1 Å². The Bertz CT molecular complexity index is 595. The third kappa shape index (κ3) is 3.39. The van der Waals surface area contributed by atoms with Crippen molar-refractivity contribution in [3.63, 3.8) is 0 Å². The van der Waals surface area contributed by atoms with Crippen molar-refractivity contribution in [2.45, 2.75) is 32.5 Å². The highest BCUT2D eigenvalue weighted by Crippen LogP contribution is 2.23. The minimum Gasteiger partial charge on any atom is -0.370 e. The molecule has 0 bridgehead atoms. The second kappa shape index (κ2) is 6.50. The zero-order valence-electron chi connectivity index (χ0n) is 12.3. The number of hydrogen-bond donors (Lipinski definition) is 1. The molecule has 1 saturated heterocycles. The maximum Gasteiger partial charge on any atom is 0.122 e. The van der Waals surface area contributed by atoms with Crippen LogP contribution in [0, 0.1) is 0 Å². The van der Waals surface area contributed by atoms with Crippen LogP contribution in [0.2, 0.25) is 5.02 Å². The van der Waals surface area contributed by atoms with E-state index in [0.717, 1.165) is 43.4 Å². The second-order valence-corrected chi connectivity index (χ2v) is 5.86. The largest absolute Gasteiger partial charge is 0.370 e. The minimum absolute atomic E-state index is 0.506. The summed E-state index contributed by atoms with van der Waals surface area (Å²) in [5.41, 5.74) is 1.21. The third-order valence-electron chi connectivity index (χ3n) is 4.05. The minimum atomic E-state index is 0.506. The van der Waals surface area contributed by atoms with Crippen LogP contribution in [0.15, 0.2) is 36.7 Å². The Hall–Kier alpha value is -1.52. The van der Waals surface area contributed by atoms with Gasteiger partial charge in [0.15, 0.2) is 0 Å². The lowest BCUT2D eigenvalue weighted by Gasteiger charge is -2.19. The number of hydrogen-bond acceptors (Lipinski definition) is 3. The lowest BCUT2D eigenvalue weighted by atomic mass is 10.2. The molecular weight excluding hydrogens is 284 g/mol. The van der Waals surface area contributed by atoms with E-state index < -0.39 is 0 Å². The van der Waals surface area contributed by atoms with Crippen molar-refractivity contribution < 1.29 is 0 Å². The molecule has 1 aliphatic rings. The molecule has 0 radical (unpaired) electrons. The Morgan fingerprint density at radius 2 is 2.33 bits per heavy atom. The van der Waals surface area contributed by atoms with Crippen molar-refractivity contribution in [3.8, 4) is 0 Å². The first-order chi connectivity index (χ1) is 10.3. The van der Waals surface area contributed by atoms with Gasteiger partial charge in [-0.05, 0) is 31.5 Å². The maximum absolute atomic E-state index is 6.07. The summed E-state index contributed by atoms with van der Waals surface area (Å²) >= 11 is 6.07. The topological polar surface area (TPSA) is 33.1 Å². The molecule has 0 saturated carbocycles. The average Bonchev–Trinajstić information content (AvgIpc) is 3.14. The van der Waals surface area contributed by atoms with Crippen molar-refractivity contribution in [2.24, 2.45) is 0 Å². The van der Waals surface area contributed by atoms with E-state index in [2.05, 4.69) is 32.8 Å². The molecule has 1 aromatic heterocycles. The summed E-state index contributed by atoms with van der Waals surface area (Å²) in [5, 5.41) is 4.41. The van der Waals surface area contributed by atoms with Crippen molar-refractivity contribution in [1.82, 2.24) is 14.9 Å². The number of nitrogens with one attached hydrogen (secondary N) is 1. The van der Waals surface area contributed by atoms with Gasteiger partial charge in [-0.2, -0.15) is 0 Å². The molecule has 2 heterocycles. The first-order valence-electron chi connectivity index (χ1n) is 7.50. The fourth-order valence-corrected chi connectivity index (χ4v) is 3.05. The van der Waals surface area contributed by atoms with Gasteiger partial charge in [0.25, 0.3) is 0 Å². The van der Waals surface area contributed by atoms with E-state index in [1.165, 1.54) is 5.69 Å². The van der Waals surface area contributed by atoms with Crippen LogP contribution < -0.4 is 10.2 Å². The Morgan fingerprint density at radius 3 is 3.14 bits per heavy atom. The van der Waals surface area contributed by atoms with E-state index >= 15 is 0 Å². The Balaban J connectivity index is 1.55. The summed E-state index contributed by atoms with van der Waals surface area (Å²) in [4.78, 5) is 6.79. The molecule has 0 aliphatic carbocycles. The average molecular weight is 305 g/mol. The number of rotatable bonds is 5. The normalized spacial score (nSPS) is 18.4. The molecule has 4 nitrogen and oxygen atoms in total. The summed E-state index contributed by atoms with van der Waals surface area (Å²) in [6, 6.07) is 8.59. The molecule has 1 N–H and O–H groups in total. The summed E-state index contributed by atoms with van der Waals surface area (Å²) in [5.74, 6) is 1.11. The van der Waals surface area contributed by atoms with Crippen LogP contribution >= 0.6 is 11.6 Å². The van der Waals surface area contributed by atoms with Crippen LogP contribution in [0.25, 0.3) is 0 Å². The van der Waals surface area contributed by atoms with Crippen LogP contribution in [0.4, 0.5) is 5.69 Å². The lowest BCUT2D eigenvalue weighted by Crippen LogP contribution is -2.32. The molecule has 112 valence electrons. The molecule has 1 aromatic carbocycles. The highest BCUT2D eigenvalue weighted by Gasteiger charge is 2.22. The van der Waals surface area contributed by atoms with Gasteiger partial charge in [0, 0.05) is 48.8 Å². The van der Waals surface area contributed by atoms with Crippen molar-refractivity contribution in [1.29, 1.82) is 0 Å². The van der Waals surface area contributed by atoms with E-state index in [1.807, 2.05) is 30.6 Å².